The second-order valence-electron chi connectivity index (χ2n) is 5.13. The summed E-state index contributed by atoms with van der Waals surface area (Å²) in [6, 6.07) is 12.3. The van der Waals surface area contributed by atoms with Crippen molar-refractivity contribution < 1.29 is 4.42 Å². The lowest BCUT2D eigenvalue weighted by molar-refractivity contribution is 0.224. The first-order valence-electron chi connectivity index (χ1n) is 6.98. The Balaban J connectivity index is 1.74. The molecule has 3 aromatic heterocycles. The van der Waals surface area contributed by atoms with Crippen molar-refractivity contribution in [2.45, 2.75) is 26.6 Å². The Kier molecular flexibility index (Phi) is 4.48. The molecule has 21 heavy (non-hydrogen) atoms. The highest BCUT2D eigenvalue weighted by molar-refractivity contribution is 7.07. The number of thiophene rings is 1. The summed E-state index contributed by atoms with van der Waals surface area (Å²) in [4.78, 5) is 6.95. The molecular formula is C17H18N2OS. The van der Waals surface area contributed by atoms with Crippen LogP contribution in [0.15, 0.2) is 57.8 Å². The van der Waals surface area contributed by atoms with Crippen molar-refractivity contribution in [1.82, 2.24) is 9.88 Å². The van der Waals surface area contributed by atoms with Gasteiger partial charge in [-0.25, -0.2) is 0 Å². The molecule has 0 aromatic carbocycles. The standard InChI is InChI=1S/C17H18N2OS/c1-14-4-2-5-16(18-14)11-19(10-15-7-9-21-13-15)12-17-6-3-8-20-17/h2-9,13H,10-12H2,1H3. The van der Waals surface area contributed by atoms with Gasteiger partial charge in [-0.2, -0.15) is 11.3 Å². The van der Waals surface area contributed by atoms with Gasteiger partial charge in [0.2, 0.25) is 0 Å². The van der Waals surface area contributed by atoms with Gasteiger partial charge >= 0.3 is 0 Å². The summed E-state index contributed by atoms with van der Waals surface area (Å²) in [5.74, 6) is 0.984. The smallest absolute Gasteiger partial charge is 0.117 e. The van der Waals surface area contributed by atoms with E-state index in [9.17, 15) is 0 Å². The van der Waals surface area contributed by atoms with Crippen LogP contribution in [-0.2, 0) is 19.6 Å². The lowest BCUT2D eigenvalue weighted by Gasteiger charge is -2.20. The Labute approximate surface area is 128 Å². The van der Waals surface area contributed by atoms with E-state index >= 15 is 0 Å². The zero-order valence-corrected chi connectivity index (χ0v) is 12.8. The van der Waals surface area contributed by atoms with E-state index in [0.29, 0.717) is 0 Å². The van der Waals surface area contributed by atoms with E-state index in [-0.39, 0.29) is 0 Å². The molecule has 0 aliphatic rings. The molecule has 0 saturated heterocycles. The van der Waals surface area contributed by atoms with Gasteiger partial charge in [-0.15, -0.1) is 0 Å². The Hall–Kier alpha value is -1.91. The molecule has 0 aliphatic heterocycles. The van der Waals surface area contributed by atoms with Gasteiger partial charge in [0.25, 0.3) is 0 Å². The van der Waals surface area contributed by atoms with Crippen LogP contribution < -0.4 is 0 Å². The minimum atomic E-state index is 0.790. The number of nitrogens with zero attached hydrogens (tertiary/aromatic N) is 2. The van der Waals surface area contributed by atoms with Crippen LogP contribution >= 0.6 is 11.3 Å². The summed E-state index contributed by atoms with van der Waals surface area (Å²) < 4.78 is 5.49. The van der Waals surface area contributed by atoms with Crippen LogP contribution in [0.2, 0.25) is 0 Å². The van der Waals surface area contributed by atoms with Gasteiger partial charge in [0.05, 0.1) is 18.5 Å². The second-order valence-corrected chi connectivity index (χ2v) is 5.91. The summed E-state index contributed by atoms with van der Waals surface area (Å²) >= 11 is 1.73. The molecule has 4 heteroatoms. The molecule has 0 atom stereocenters. The predicted molar refractivity (Wildman–Crippen MR) is 85.0 cm³/mol. The fourth-order valence-electron chi connectivity index (χ4n) is 2.35. The van der Waals surface area contributed by atoms with E-state index in [1.807, 2.05) is 25.1 Å². The second kappa shape index (κ2) is 6.70. The minimum absolute atomic E-state index is 0.790. The van der Waals surface area contributed by atoms with Crippen LogP contribution in [0, 0.1) is 6.92 Å². The van der Waals surface area contributed by atoms with E-state index < -0.39 is 0 Å². The third-order valence-electron chi connectivity index (χ3n) is 3.28. The van der Waals surface area contributed by atoms with Crippen LogP contribution in [0.1, 0.15) is 22.7 Å². The molecule has 108 valence electrons. The van der Waals surface area contributed by atoms with Gasteiger partial charge in [0.1, 0.15) is 5.76 Å². The predicted octanol–water partition coefficient (Wildman–Crippen LogP) is 4.25. The molecule has 3 nitrogen and oxygen atoms in total. The molecule has 0 bridgehead atoms. The molecule has 0 radical (unpaired) electrons. The summed E-state index contributed by atoms with van der Waals surface area (Å²) in [6.07, 6.45) is 1.73. The summed E-state index contributed by atoms with van der Waals surface area (Å²) in [6.45, 7) is 4.54. The minimum Gasteiger partial charge on any atom is -0.468 e. The van der Waals surface area contributed by atoms with E-state index in [2.05, 4.69) is 38.8 Å². The highest BCUT2D eigenvalue weighted by Crippen LogP contribution is 2.15. The third-order valence-corrected chi connectivity index (χ3v) is 4.01. The lowest BCUT2D eigenvalue weighted by Crippen LogP contribution is -2.22. The van der Waals surface area contributed by atoms with Gasteiger partial charge in [-0.05, 0) is 53.6 Å². The number of aromatic nitrogens is 1. The van der Waals surface area contributed by atoms with Gasteiger partial charge in [0, 0.05) is 18.8 Å². The fourth-order valence-corrected chi connectivity index (χ4v) is 3.01. The molecule has 0 fully saturated rings. The number of aryl methyl sites for hydroxylation is 1. The SMILES string of the molecule is Cc1cccc(CN(Cc2ccsc2)Cc2ccco2)n1. The maximum Gasteiger partial charge on any atom is 0.117 e. The average Bonchev–Trinajstić information content (AvgIpc) is 3.12. The van der Waals surface area contributed by atoms with Crippen LogP contribution in [0.4, 0.5) is 0 Å². The quantitative estimate of drug-likeness (QED) is 0.681. The first-order chi connectivity index (χ1) is 10.3. The molecule has 0 unspecified atom stereocenters. The number of furan rings is 1. The van der Waals surface area contributed by atoms with Crippen LogP contribution in [0.3, 0.4) is 0 Å². The number of hydrogen-bond acceptors (Lipinski definition) is 4. The largest absolute Gasteiger partial charge is 0.468 e. The van der Waals surface area contributed by atoms with Crippen LogP contribution in [0.25, 0.3) is 0 Å². The van der Waals surface area contributed by atoms with Gasteiger partial charge in [-0.3, -0.25) is 9.88 Å². The van der Waals surface area contributed by atoms with Crippen molar-refractivity contribution in [3.63, 3.8) is 0 Å². The van der Waals surface area contributed by atoms with Crippen molar-refractivity contribution in [2.75, 3.05) is 0 Å². The summed E-state index contributed by atoms with van der Waals surface area (Å²) in [7, 11) is 0. The summed E-state index contributed by atoms with van der Waals surface area (Å²) in [5, 5.41) is 4.31. The highest BCUT2D eigenvalue weighted by atomic mass is 32.1. The zero-order valence-electron chi connectivity index (χ0n) is 12.0. The van der Waals surface area contributed by atoms with Crippen molar-refractivity contribution >= 4 is 11.3 Å². The normalized spacial score (nSPS) is 11.1. The molecule has 3 rings (SSSR count). The van der Waals surface area contributed by atoms with Crippen LogP contribution in [0.5, 0.6) is 0 Å². The number of pyridine rings is 1. The van der Waals surface area contributed by atoms with Crippen molar-refractivity contribution in [2.24, 2.45) is 0 Å². The van der Waals surface area contributed by atoms with Crippen molar-refractivity contribution in [1.29, 1.82) is 0 Å². The highest BCUT2D eigenvalue weighted by Gasteiger charge is 2.11. The Morgan fingerprint density at radius 2 is 2.05 bits per heavy atom. The molecular weight excluding hydrogens is 280 g/mol. The van der Waals surface area contributed by atoms with Gasteiger partial charge < -0.3 is 4.42 Å². The number of rotatable bonds is 6. The zero-order chi connectivity index (χ0) is 14.5. The topological polar surface area (TPSA) is 29.3 Å². The molecule has 0 N–H and O–H groups in total. The Morgan fingerprint density at radius 1 is 1.10 bits per heavy atom. The maximum atomic E-state index is 5.49. The maximum absolute atomic E-state index is 5.49. The molecule has 0 saturated carbocycles. The average molecular weight is 298 g/mol. The van der Waals surface area contributed by atoms with E-state index in [4.69, 9.17) is 4.42 Å². The fraction of sp³-hybridized carbons (Fsp3) is 0.235. The third kappa shape index (κ3) is 4.03. The lowest BCUT2D eigenvalue weighted by atomic mass is 10.2. The van der Waals surface area contributed by atoms with E-state index in [1.54, 1.807) is 17.6 Å². The molecule has 0 amide bonds. The first kappa shape index (κ1) is 14.0. The van der Waals surface area contributed by atoms with E-state index in [1.165, 1.54) is 5.56 Å². The van der Waals surface area contributed by atoms with Gasteiger partial charge in [-0.1, -0.05) is 6.07 Å². The molecule has 0 aliphatic carbocycles. The Morgan fingerprint density at radius 3 is 2.76 bits per heavy atom. The van der Waals surface area contributed by atoms with Crippen LogP contribution in [-0.4, -0.2) is 9.88 Å². The Bertz CT molecular complexity index is 626. The monoisotopic (exact) mass is 298 g/mol. The van der Waals surface area contributed by atoms with Crippen molar-refractivity contribution in [3.05, 3.63) is 76.1 Å². The molecule has 3 aromatic rings. The molecule has 3 heterocycles. The first-order valence-corrected chi connectivity index (χ1v) is 7.92. The summed E-state index contributed by atoms with van der Waals surface area (Å²) in [5.41, 5.74) is 3.48. The van der Waals surface area contributed by atoms with Gasteiger partial charge in [0.15, 0.2) is 0 Å². The van der Waals surface area contributed by atoms with E-state index in [0.717, 1.165) is 36.8 Å². The van der Waals surface area contributed by atoms with Crippen molar-refractivity contribution in [3.8, 4) is 0 Å². The molecule has 0 spiro atoms. The number of hydrogen-bond donors (Lipinski definition) is 0.